The summed E-state index contributed by atoms with van der Waals surface area (Å²) >= 11 is 0. The summed E-state index contributed by atoms with van der Waals surface area (Å²) in [5.74, 6) is 0.360. The molecule has 0 aliphatic rings. The van der Waals surface area contributed by atoms with E-state index in [0.717, 1.165) is 18.1 Å². The number of alkyl halides is 3. The number of hydrogen-bond acceptors (Lipinski definition) is 2. The van der Waals surface area contributed by atoms with E-state index in [-0.39, 0.29) is 5.39 Å². The van der Waals surface area contributed by atoms with Crippen LogP contribution in [-0.4, -0.2) is 14.8 Å². The van der Waals surface area contributed by atoms with E-state index in [1.807, 2.05) is 31.2 Å². The van der Waals surface area contributed by atoms with Crippen LogP contribution in [0, 0.1) is 6.92 Å². The molecule has 0 saturated carbocycles. The Bertz CT molecular complexity index is 922. The molecule has 2 aromatic heterocycles. The van der Waals surface area contributed by atoms with Crippen molar-refractivity contribution in [2.45, 2.75) is 52.8 Å². The fourth-order valence-electron chi connectivity index (χ4n) is 3.13. The predicted octanol–water partition coefficient (Wildman–Crippen LogP) is 5.96. The molecule has 3 rings (SSSR count). The minimum absolute atomic E-state index is 0.0912. The number of halogens is 3. The Balaban J connectivity index is 2.24. The number of benzene rings is 1. The number of rotatable bonds is 4. The van der Waals surface area contributed by atoms with E-state index in [2.05, 4.69) is 23.9 Å². The van der Waals surface area contributed by atoms with Crippen molar-refractivity contribution in [2.75, 3.05) is 0 Å². The van der Waals surface area contributed by atoms with Crippen LogP contribution in [0.4, 0.5) is 13.2 Å². The van der Waals surface area contributed by atoms with Crippen molar-refractivity contribution < 1.29 is 13.2 Å². The van der Waals surface area contributed by atoms with Crippen molar-refractivity contribution in [1.82, 2.24) is 14.8 Å². The molecular formula is C20H22F3N3. The third-order valence-corrected chi connectivity index (χ3v) is 4.49. The van der Waals surface area contributed by atoms with E-state index in [1.54, 1.807) is 11.6 Å². The van der Waals surface area contributed by atoms with Crippen molar-refractivity contribution in [3.8, 4) is 11.3 Å². The van der Waals surface area contributed by atoms with Crippen molar-refractivity contribution in [1.29, 1.82) is 0 Å². The number of aryl methyl sites for hydroxylation is 2. The molecule has 0 radical (unpaired) electrons. The van der Waals surface area contributed by atoms with Crippen LogP contribution in [0.1, 0.15) is 49.9 Å². The second-order valence-corrected chi connectivity index (χ2v) is 6.84. The van der Waals surface area contributed by atoms with Gasteiger partial charge >= 0.3 is 6.18 Å². The maximum Gasteiger partial charge on any atom is 0.417 e. The smallest absolute Gasteiger partial charge is 0.247 e. The van der Waals surface area contributed by atoms with Gasteiger partial charge in [0.25, 0.3) is 0 Å². The number of hydrogen-bond donors (Lipinski definition) is 0. The average Bonchev–Trinajstić information content (AvgIpc) is 2.90. The summed E-state index contributed by atoms with van der Waals surface area (Å²) in [6, 6.07) is 8.67. The molecule has 6 heteroatoms. The Kier molecular flexibility index (Phi) is 4.78. The molecule has 0 atom stereocenters. The summed E-state index contributed by atoms with van der Waals surface area (Å²) in [6.45, 7) is 8.25. The van der Waals surface area contributed by atoms with Crippen LogP contribution in [0.5, 0.6) is 0 Å². The number of fused-ring (bicyclic) bond motifs is 1. The van der Waals surface area contributed by atoms with Gasteiger partial charge in [-0.15, -0.1) is 0 Å². The Labute approximate surface area is 150 Å². The van der Waals surface area contributed by atoms with Gasteiger partial charge in [0, 0.05) is 12.1 Å². The monoisotopic (exact) mass is 361 g/mol. The van der Waals surface area contributed by atoms with Crippen molar-refractivity contribution >= 4 is 11.0 Å². The molecule has 0 aliphatic carbocycles. The molecule has 3 aromatic rings. The molecule has 0 unspecified atom stereocenters. The highest BCUT2D eigenvalue weighted by molar-refractivity contribution is 5.85. The standard InChI is InChI=1S/C20H22F3N3/c1-5-10-26-19-18(13(4)25-26)16(20(21,22)23)11-17(24-19)15-8-6-14(7-9-15)12(2)3/h6-9,11-12H,5,10H2,1-4H3. The van der Waals surface area contributed by atoms with Gasteiger partial charge in [-0.2, -0.15) is 18.3 Å². The second-order valence-electron chi connectivity index (χ2n) is 6.84. The highest BCUT2D eigenvalue weighted by atomic mass is 19.4. The van der Waals surface area contributed by atoms with E-state index < -0.39 is 11.7 Å². The molecule has 0 N–H and O–H groups in total. The molecule has 1 aromatic carbocycles. The number of nitrogens with zero attached hydrogens (tertiary/aromatic N) is 3. The van der Waals surface area contributed by atoms with Crippen molar-refractivity contribution in [3.05, 3.63) is 47.2 Å². The molecule has 0 fully saturated rings. The van der Waals surface area contributed by atoms with Crippen LogP contribution in [0.25, 0.3) is 22.3 Å². The van der Waals surface area contributed by atoms with Gasteiger partial charge in [-0.3, -0.25) is 0 Å². The largest absolute Gasteiger partial charge is 0.417 e. The van der Waals surface area contributed by atoms with Gasteiger partial charge in [0.2, 0.25) is 0 Å². The average molecular weight is 361 g/mol. The fraction of sp³-hybridized carbons (Fsp3) is 0.400. The van der Waals surface area contributed by atoms with Gasteiger partial charge in [0.05, 0.1) is 22.3 Å². The maximum absolute atomic E-state index is 13.7. The van der Waals surface area contributed by atoms with Crippen LogP contribution in [0.2, 0.25) is 0 Å². The van der Waals surface area contributed by atoms with Crippen LogP contribution >= 0.6 is 0 Å². The Morgan fingerprint density at radius 1 is 1.12 bits per heavy atom. The summed E-state index contributed by atoms with van der Waals surface area (Å²) in [6.07, 6.45) is -3.69. The van der Waals surface area contributed by atoms with Gasteiger partial charge in [-0.05, 0) is 30.9 Å². The zero-order valence-electron chi connectivity index (χ0n) is 15.4. The summed E-state index contributed by atoms with van der Waals surface area (Å²) in [7, 11) is 0. The minimum Gasteiger partial charge on any atom is -0.247 e. The van der Waals surface area contributed by atoms with Gasteiger partial charge in [-0.25, -0.2) is 9.67 Å². The van der Waals surface area contributed by atoms with Crippen LogP contribution in [-0.2, 0) is 12.7 Å². The molecule has 0 bridgehead atoms. The lowest BCUT2D eigenvalue weighted by atomic mass is 9.99. The van der Waals surface area contributed by atoms with E-state index in [4.69, 9.17) is 0 Å². The molecule has 3 nitrogen and oxygen atoms in total. The zero-order valence-corrected chi connectivity index (χ0v) is 15.4. The first-order chi connectivity index (χ1) is 12.2. The third kappa shape index (κ3) is 3.32. The molecule has 138 valence electrons. The molecule has 0 aliphatic heterocycles. The van der Waals surface area contributed by atoms with Gasteiger partial charge in [0.15, 0.2) is 5.65 Å². The van der Waals surface area contributed by atoms with Crippen LogP contribution in [0.15, 0.2) is 30.3 Å². The van der Waals surface area contributed by atoms with Crippen LogP contribution in [0.3, 0.4) is 0 Å². The summed E-state index contributed by atoms with van der Waals surface area (Å²) in [4.78, 5) is 4.53. The molecule has 0 amide bonds. The lowest BCUT2D eigenvalue weighted by molar-refractivity contribution is -0.136. The number of aromatic nitrogens is 3. The van der Waals surface area contributed by atoms with Gasteiger partial charge in [-0.1, -0.05) is 45.0 Å². The van der Waals surface area contributed by atoms with Gasteiger partial charge < -0.3 is 0 Å². The molecule has 0 saturated heterocycles. The molecule has 0 spiro atoms. The van der Waals surface area contributed by atoms with Crippen molar-refractivity contribution in [2.24, 2.45) is 0 Å². The lowest BCUT2D eigenvalue weighted by Crippen LogP contribution is -2.08. The third-order valence-electron chi connectivity index (χ3n) is 4.49. The first-order valence-corrected chi connectivity index (χ1v) is 8.78. The SMILES string of the molecule is CCCn1nc(C)c2c(C(F)(F)F)cc(-c3ccc(C(C)C)cc3)nc21. The highest BCUT2D eigenvalue weighted by Crippen LogP contribution is 2.38. The van der Waals surface area contributed by atoms with E-state index in [0.29, 0.717) is 35.1 Å². The highest BCUT2D eigenvalue weighted by Gasteiger charge is 2.35. The minimum atomic E-state index is -4.46. The predicted molar refractivity (Wildman–Crippen MR) is 97.1 cm³/mol. The summed E-state index contributed by atoms with van der Waals surface area (Å²) < 4.78 is 42.7. The maximum atomic E-state index is 13.7. The first-order valence-electron chi connectivity index (χ1n) is 8.78. The normalized spacial score (nSPS) is 12.3. The second kappa shape index (κ2) is 6.74. The summed E-state index contributed by atoms with van der Waals surface area (Å²) in [5, 5.41) is 4.37. The first kappa shape index (κ1) is 18.4. The van der Waals surface area contributed by atoms with E-state index in [9.17, 15) is 13.2 Å². The van der Waals surface area contributed by atoms with Gasteiger partial charge in [0.1, 0.15) is 0 Å². The Morgan fingerprint density at radius 3 is 2.31 bits per heavy atom. The molecular weight excluding hydrogens is 339 g/mol. The lowest BCUT2D eigenvalue weighted by Gasteiger charge is -2.12. The van der Waals surface area contributed by atoms with E-state index >= 15 is 0 Å². The van der Waals surface area contributed by atoms with E-state index in [1.165, 1.54) is 0 Å². The Hall–Kier alpha value is -2.37. The molecule has 2 heterocycles. The summed E-state index contributed by atoms with van der Waals surface area (Å²) in [5.41, 5.74) is 2.10. The topological polar surface area (TPSA) is 30.7 Å². The Morgan fingerprint density at radius 2 is 1.77 bits per heavy atom. The fourth-order valence-corrected chi connectivity index (χ4v) is 3.13. The number of pyridine rings is 1. The van der Waals surface area contributed by atoms with Crippen LogP contribution < -0.4 is 0 Å². The zero-order chi connectivity index (χ0) is 19.1. The van der Waals surface area contributed by atoms with Crippen molar-refractivity contribution in [3.63, 3.8) is 0 Å². The molecule has 26 heavy (non-hydrogen) atoms. The quantitative estimate of drug-likeness (QED) is 0.574.